The highest BCUT2D eigenvalue weighted by Gasteiger charge is 2.06. The number of benzene rings is 2. The summed E-state index contributed by atoms with van der Waals surface area (Å²) in [5.41, 5.74) is 4.50. The molecule has 0 bridgehead atoms. The van der Waals surface area contributed by atoms with Crippen molar-refractivity contribution in [2.45, 2.75) is 46.8 Å². The van der Waals surface area contributed by atoms with Gasteiger partial charge in [0.05, 0.1) is 25.3 Å². The molecule has 2 aromatic heterocycles. The van der Waals surface area contributed by atoms with Crippen LogP contribution in [0.25, 0.3) is 0 Å². The zero-order valence-corrected chi connectivity index (χ0v) is 23.0. The first kappa shape index (κ1) is 29.8. The molecular weight excluding hydrogens is 508 g/mol. The minimum Gasteiger partial charge on any atom is -0.466 e. The molecule has 1 N–H and O–H groups in total. The van der Waals surface area contributed by atoms with E-state index in [0.29, 0.717) is 19.7 Å². The number of pyridine rings is 1. The summed E-state index contributed by atoms with van der Waals surface area (Å²) in [6.45, 7) is 6.92. The second kappa shape index (κ2) is 15.0. The van der Waals surface area contributed by atoms with E-state index in [4.69, 9.17) is 4.74 Å². The highest BCUT2D eigenvalue weighted by Crippen LogP contribution is 2.08. The molecule has 9 heteroatoms. The SMILES string of the molecule is CCOC(=O)Cc1cccc(Cn2nc(C)ccc2=O)c1.Cc1ccc(CNC(=O)Cn2ccccc2=O)cc1. The van der Waals surface area contributed by atoms with Crippen molar-refractivity contribution >= 4 is 11.9 Å². The normalized spacial score (nSPS) is 10.3. The Hall–Kier alpha value is -4.79. The van der Waals surface area contributed by atoms with Crippen molar-refractivity contribution in [2.24, 2.45) is 0 Å². The predicted molar refractivity (Wildman–Crippen MR) is 153 cm³/mol. The number of hydrogen-bond acceptors (Lipinski definition) is 6. The largest absolute Gasteiger partial charge is 0.466 e. The number of carbonyl (C=O) groups excluding carboxylic acids is 2. The van der Waals surface area contributed by atoms with Crippen molar-refractivity contribution in [1.82, 2.24) is 19.7 Å². The summed E-state index contributed by atoms with van der Waals surface area (Å²) >= 11 is 0. The minimum atomic E-state index is -0.250. The van der Waals surface area contributed by atoms with E-state index in [2.05, 4.69) is 10.4 Å². The summed E-state index contributed by atoms with van der Waals surface area (Å²) in [5, 5.41) is 7.00. The number of ether oxygens (including phenoxy) is 1. The van der Waals surface area contributed by atoms with Gasteiger partial charge in [-0.05, 0) is 49.6 Å². The predicted octanol–water partition coefficient (Wildman–Crippen LogP) is 3.18. The number of esters is 1. The van der Waals surface area contributed by atoms with E-state index in [9.17, 15) is 19.2 Å². The first-order valence-corrected chi connectivity index (χ1v) is 13.0. The molecule has 0 spiro atoms. The van der Waals surface area contributed by atoms with Crippen LogP contribution in [0, 0.1) is 13.8 Å². The van der Waals surface area contributed by atoms with Crippen molar-refractivity contribution < 1.29 is 14.3 Å². The van der Waals surface area contributed by atoms with E-state index in [1.807, 2.05) is 62.4 Å². The Kier molecular flexibility index (Phi) is 11.1. The van der Waals surface area contributed by atoms with Gasteiger partial charge in [-0.25, -0.2) is 4.68 Å². The Morgan fingerprint density at radius 2 is 1.60 bits per heavy atom. The monoisotopic (exact) mass is 542 g/mol. The number of aromatic nitrogens is 3. The molecule has 2 aromatic carbocycles. The first-order valence-electron chi connectivity index (χ1n) is 13.0. The van der Waals surface area contributed by atoms with E-state index >= 15 is 0 Å². The molecule has 0 atom stereocenters. The number of nitrogens with zero attached hydrogens (tertiary/aromatic N) is 3. The van der Waals surface area contributed by atoms with Gasteiger partial charge in [-0.1, -0.05) is 60.2 Å². The summed E-state index contributed by atoms with van der Waals surface area (Å²) < 4.78 is 7.73. The molecule has 4 rings (SSSR count). The Labute approximate surface area is 233 Å². The van der Waals surface area contributed by atoms with Crippen molar-refractivity contribution in [3.8, 4) is 0 Å². The van der Waals surface area contributed by atoms with E-state index < -0.39 is 0 Å². The first-order chi connectivity index (χ1) is 19.2. The Bertz CT molecular complexity index is 1540. The van der Waals surface area contributed by atoms with Gasteiger partial charge in [0, 0.05) is 24.9 Å². The average molecular weight is 543 g/mol. The number of rotatable bonds is 9. The van der Waals surface area contributed by atoms with Gasteiger partial charge >= 0.3 is 5.97 Å². The molecule has 0 fully saturated rings. The van der Waals surface area contributed by atoms with Crippen LogP contribution in [0.2, 0.25) is 0 Å². The van der Waals surface area contributed by atoms with Crippen molar-refractivity contribution in [3.05, 3.63) is 134 Å². The quantitative estimate of drug-likeness (QED) is 0.325. The van der Waals surface area contributed by atoms with Crippen LogP contribution in [-0.4, -0.2) is 32.8 Å². The zero-order valence-electron chi connectivity index (χ0n) is 23.0. The number of hydrogen-bond donors (Lipinski definition) is 1. The molecule has 208 valence electrons. The molecule has 0 aliphatic heterocycles. The van der Waals surface area contributed by atoms with Gasteiger partial charge in [0.15, 0.2) is 0 Å². The van der Waals surface area contributed by atoms with Crippen LogP contribution >= 0.6 is 0 Å². The molecule has 4 aromatic rings. The molecule has 0 saturated heterocycles. The lowest BCUT2D eigenvalue weighted by molar-refractivity contribution is -0.142. The Morgan fingerprint density at radius 1 is 0.850 bits per heavy atom. The van der Waals surface area contributed by atoms with E-state index in [1.165, 1.54) is 26.9 Å². The summed E-state index contributed by atoms with van der Waals surface area (Å²) in [6.07, 6.45) is 1.84. The van der Waals surface area contributed by atoms with E-state index in [-0.39, 0.29) is 36.0 Å². The molecule has 0 saturated carbocycles. The van der Waals surface area contributed by atoms with Gasteiger partial charge < -0.3 is 14.6 Å². The van der Waals surface area contributed by atoms with Gasteiger partial charge in [-0.2, -0.15) is 5.10 Å². The lowest BCUT2D eigenvalue weighted by Crippen LogP contribution is -2.31. The third kappa shape index (κ3) is 9.83. The fraction of sp³-hybridized carbons (Fsp3) is 0.258. The van der Waals surface area contributed by atoms with Crippen LogP contribution in [0.3, 0.4) is 0 Å². The van der Waals surface area contributed by atoms with Crippen LogP contribution in [0.5, 0.6) is 0 Å². The van der Waals surface area contributed by atoms with Gasteiger partial charge in [0.25, 0.3) is 11.1 Å². The number of amides is 1. The number of nitrogens with one attached hydrogen (secondary N) is 1. The summed E-state index contributed by atoms with van der Waals surface area (Å²) in [5.74, 6) is -0.422. The maximum absolute atomic E-state index is 11.7. The average Bonchev–Trinajstić information content (AvgIpc) is 2.92. The lowest BCUT2D eigenvalue weighted by Gasteiger charge is -2.07. The van der Waals surface area contributed by atoms with Crippen LogP contribution in [-0.2, 0) is 40.4 Å². The fourth-order valence-electron chi connectivity index (χ4n) is 3.76. The fourth-order valence-corrected chi connectivity index (χ4v) is 3.76. The van der Waals surface area contributed by atoms with Gasteiger partial charge in [-0.15, -0.1) is 0 Å². The topological polar surface area (TPSA) is 112 Å². The zero-order chi connectivity index (χ0) is 28.9. The summed E-state index contributed by atoms with van der Waals surface area (Å²) in [7, 11) is 0. The number of carbonyl (C=O) groups is 2. The molecule has 0 radical (unpaired) electrons. The van der Waals surface area contributed by atoms with Crippen LogP contribution < -0.4 is 16.4 Å². The highest BCUT2D eigenvalue weighted by molar-refractivity contribution is 5.75. The van der Waals surface area contributed by atoms with E-state index in [1.54, 1.807) is 31.3 Å². The second-order valence-electron chi connectivity index (χ2n) is 9.20. The van der Waals surface area contributed by atoms with Crippen LogP contribution in [0.1, 0.15) is 34.9 Å². The molecule has 0 aliphatic rings. The summed E-state index contributed by atoms with van der Waals surface area (Å²) in [6, 6.07) is 23.5. The Balaban J connectivity index is 0.000000222. The third-order valence-corrected chi connectivity index (χ3v) is 5.80. The molecule has 0 aliphatic carbocycles. The lowest BCUT2D eigenvalue weighted by atomic mass is 10.1. The van der Waals surface area contributed by atoms with Crippen LogP contribution in [0.15, 0.2) is 94.6 Å². The van der Waals surface area contributed by atoms with Gasteiger partial charge in [-0.3, -0.25) is 19.2 Å². The van der Waals surface area contributed by atoms with Crippen LogP contribution in [0.4, 0.5) is 0 Å². The van der Waals surface area contributed by atoms with Crippen molar-refractivity contribution in [1.29, 1.82) is 0 Å². The maximum Gasteiger partial charge on any atom is 0.310 e. The third-order valence-electron chi connectivity index (χ3n) is 5.80. The highest BCUT2D eigenvalue weighted by atomic mass is 16.5. The Morgan fingerprint density at radius 3 is 2.33 bits per heavy atom. The summed E-state index contributed by atoms with van der Waals surface area (Å²) in [4.78, 5) is 46.4. The second-order valence-corrected chi connectivity index (χ2v) is 9.20. The van der Waals surface area contributed by atoms with Crippen molar-refractivity contribution in [3.63, 3.8) is 0 Å². The van der Waals surface area contributed by atoms with Gasteiger partial charge in [0.2, 0.25) is 5.91 Å². The molecule has 2 heterocycles. The number of aryl methyl sites for hydroxylation is 2. The standard InChI is InChI=1S/C16H18N2O3.C15H16N2O2/c1-3-21-16(20)10-13-5-4-6-14(9-13)11-18-15(19)8-7-12(2)17-18;1-12-5-7-13(8-6-12)10-16-14(18)11-17-9-3-2-4-15(17)19/h4-9H,3,10-11H2,1-2H3;2-9H,10-11H2,1H3,(H,16,18). The molecular formula is C31H34N4O5. The minimum absolute atomic E-state index is 0.0472. The molecule has 40 heavy (non-hydrogen) atoms. The smallest absolute Gasteiger partial charge is 0.310 e. The van der Waals surface area contributed by atoms with Gasteiger partial charge in [0.1, 0.15) is 6.54 Å². The van der Waals surface area contributed by atoms with Crippen molar-refractivity contribution in [2.75, 3.05) is 6.61 Å². The molecule has 9 nitrogen and oxygen atoms in total. The van der Waals surface area contributed by atoms with E-state index in [0.717, 1.165) is 22.4 Å². The molecule has 1 amide bonds. The maximum atomic E-state index is 11.7. The molecule has 0 unspecified atom stereocenters.